The van der Waals surface area contributed by atoms with Crippen molar-refractivity contribution in [3.05, 3.63) is 35.1 Å². The molecule has 1 aliphatic heterocycles. The maximum Gasteiger partial charge on any atom is 0.155 e. The quantitative estimate of drug-likeness (QED) is 0.895. The monoisotopic (exact) mass is 268 g/mol. The predicted octanol–water partition coefficient (Wildman–Crippen LogP) is 2.96. The number of hydrogen-bond donors (Lipinski definition) is 1. The summed E-state index contributed by atoms with van der Waals surface area (Å²) in [5.41, 5.74) is 7.27. The van der Waals surface area contributed by atoms with Gasteiger partial charge in [0.1, 0.15) is 12.5 Å². The van der Waals surface area contributed by atoms with Crippen molar-refractivity contribution in [2.45, 2.75) is 24.1 Å². The Hall–Kier alpha value is -1.10. The summed E-state index contributed by atoms with van der Waals surface area (Å²) in [5, 5.41) is 0.368. The Balaban J connectivity index is 2.02. The number of hydrogen-bond acceptors (Lipinski definition) is 3. The van der Waals surface area contributed by atoms with E-state index in [-0.39, 0.29) is 17.8 Å². The van der Waals surface area contributed by atoms with Gasteiger partial charge in [-0.05, 0) is 19.4 Å². The summed E-state index contributed by atoms with van der Waals surface area (Å²) in [6.07, 6.45) is 0.719. The minimum absolute atomic E-state index is 0.0658. The molecule has 18 heavy (non-hydrogen) atoms. The van der Waals surface area contributed by atoms with Gasteiger partial charge in [0, 0.05) is 11.5 Å². The van der Waals surface area contributed by atoms with Crippen LogP contribution in [0.2, 0.25) is 0 Å². The number of aryl methyl sites for hydroxylation is 1. The lowest BCUT2D eigenvalue weighted by Crippen LogP contribution is -2.26. The lowest BCUT2D eigenvalue weighted by Gasteiger charge is -2.24. The molecule has 2 nitrogen and oxygen atoms in total. The first-order chi connectivity index (χ1) is 8.55. The number of thioether (sulfide) groups is 1. The molecule has 1 aromatic rings. The van der Waals surface area contributed by atoms with E-state index in [1.807, 2.05) is 6.92 Å². The highest BCUT2D eigenvalue weighted by Gasteiger charge is 2.62. The van der Waals surface area contributed by atoms with Crippen LogP contribution in [0, 0.1) is 18.7 Å². The fourth-order valence-corrected chi connectivity index (χ4v) is 3.83. The van der Waals surface area contributed by atoms with Crippen molar-refractivity contribution in [2.75, 3.05) is 6.67 Å². The van der Waals surface area contributed by atoms with Crippen molar-refractivity contribution in [3.63, 3.8) is 0 Å². The number of alkyl halides is 1. The Bertz CT molecular complexity index is 532. The zero-order chi connectivity index (χ0) is 12.9. The molecule has 2 unspecified atom stereocenters. The molecule has 2 N–H and O–H groups in total. The first-order valence-corrected chi connectivity index (χ1v) is 6.72. The van der Waals surface area contributed by atoms with Crippen molar-refractivity contribution in [1.82, 2.24) is 0 Å². The Morgan fingerprint density at radius 3 is 3.06 bits per heavy atom. The Morgan fingerprint density at radius 1 is 1.56 bits per heavy atom. The lowest BCUT2D eigenvalue weighted by molar-refractivity contribution is 0.440. The average molecular weight is 268 g/mol. The SMILES string of the molecule is Cc1ccc(F)c(C2N=C(N)S[C@@]3(CF)CC23)c1. The van der Waals surface area contributed by atoms with Gasteiger partial charge in [-0.2, -0.15) is 0 Å². The van der Waals surface area contributed by atoms with Gasteiger partial charge in [0.05, 0.1) is 10.8 Å². The van der Waals surface area contributed by atoms with Crippen molar-refractivity contribution in [2.24, 2.45) is 16.6 Å². The summed E-state index contributed by atoms with van der Waals surface area (Å²) >= 11 is 1.30. The molecule has 1 aliphatic carbocycles. The van der Waals surface area contributed by atoms with Crippen LogP contribution in [-0.4, -0.2) is 16.6 Å². The molecule has 0 bridgehead atoms. The number of amidine groups is 1. The molecule has 3 atom stereocenters. The molecule has 1 saturated carbocycles. The molecule has 3 rings (SSSR count). The summed E-state index contributed by atoms with van der Waals surface area (Å²) < 4.78 is 26.6. The van der Waals surface area contributed by atoms with Gasteiger partial charge in [-0.3, -0.25) is 4.99 Å². The maximum absolute atomic E-state index is 13.9. The van der Waals surface area contributed by atoms with E-state index >= 15 is 0 Å². The second-order valence-corrected chi connectivity index (χ2v) is 6.48. The van der Waals surface area contributed by atoms with E-state index in [0.717, 1.165) is 12.0 Å². The fourth-order valence-electron chi connectivity index (χ4n) is 2.65. The summed E-state index contributed by atoms with van der Waals surface area (Å²) in [5.74, 6) is -0.218. The third-order valence-electron chi connectivity index (χ3n) is 3.73. The van der Waals surface area contributed by atoms with Crippen LogP contribution in [0.15, 0.2) is 23.2 Å². The maximum atomic E-state index is 13.9. The van der Waals surface area contributed by atoms with Gasteiger partial charge in [0.2, 0.25) is 0 Å². The van der Waals surface area contributed by atoms with Crippen molar-refractivity contribution >= 4 is 16.9 Å². The Kier molecular flexibility index (Phi) is 2.62. The number of nitrogens with two attached hydrogens (primary N) is 1. The van der Waals surface area contributed by atoms with Crippen molar-refractivity contribution in [1.29, 1.82) is 0 Å². The first-order valence-electron chi connectivity index (χ1n) is 5.90. The van der Waals surface area contributed by atoms with Crippen LogP contribution in [-0.2, 0) is 0 Å². The van der Waals surface area contributed by atoms with Crippen LogP contribution in [0.25, 0.3) is 0 Å². The molecule has 0 aromatic heterocycles. The van der Waals surface area contributed by atoms with Gasteiger partial charge in [-0.1, -0.05) is 29.5 Å². The number of rotatable bonds is 2. The van der Waals surface area contributed by atoms with Crippen LogP contribution in [0.3, 0.4) is 0 Å². The standard InChI is InChI=1S/C13H14F2N2S/c1-7-2-3-10(15)8(4-7)11-9-5-13(9,6-14)18-12(16)17-11/h2-4,9,11H,5-6H2,1H3,(H2,16,17)/t9?,11?,13-/m1/s1. The molecule has 5 heteroatoms. The van der Waals surface area contributed by atoms with Crippen LogP contribution in [0.5, 0.6) is 0 Å². The van der Waals surface area contributed by atoms with Crippen LogP contribution < -0.4 is 5.73 Å². The van der Waals surface area contributed by atoms with E-state index in [0.29, 0.717) is 10.7 Å². The van der Waals surface area contributed by atoms with Gasteiger partial charge in [0.25, 0.3) is 0 Å². The van der Waals surface area contributed by atoms with Crippen LogP contribution in [0.1, 0.15) is 23.6 Å². The van der Waals surface area contributed by atoms with E-state index in [1.54, 1.807) is 12.1 Å². The normalized spacial score (nSPS) is 33.8. The highest BCUT2D eigenvalue weighted by Crippen LogP contribution is 2.63. The Labute approximate surface area is 109 Å². The van der Waals surface area contributed by atoms with E-state index in [2.05, 4.69) is 4.99 Å². The molecular formula is C13H14F2N2S. The van der Waals surface area contributed by atoms with Gasteiger partial charge >= 0.3 is 0 Å². The summed E-state index contributed by atoms with van der Waals surface area (Å²) in [7, 11) is 0. The predicted molar refractivity (Wildman–Crippen MR) is 69.9 cm³/mol. The van der Waals surface area contributed by atoms with Crippen molar-refractivity contribution in [3.8, 4) is 0 Å². The molecule has 0 saturated heterocycles. The molecule has 1 aromatic carbocycles. The van der Waals surface area contributed by atoms with E-state index < -0.39 is 11.4 Å². The molecule has 96 valence electrons. The molecule has 0 amide bonds. The van der Waals surface area contributed by atoms with Gasteiger partial charge < -0.3 is 5.73 Å². The highest BCUT2D eigenvalue weighted by molar-refractivity contribution is 8.15. The molecule has 0 spiro atoms. The average Bonchev–Trinajstić information content (AvgIpc) is 3.06. The Morgan fingerprint density at radius 2 is 2.33 bits per heavy atom. The molecule has 1 heterocycles. The number of halogens is 2. The van der Waals surface area contributed by atoms with E-state index in [1.165, 1.54) is 17.8 Å². The summed E-state index contributed by atoms with van der Waals surface area (Å²) in [6.45, 7) is 1.48. The summed E-state index contributed by atoms with van der Waals surface area (Å²) in [4.78, 5) is 4.32. The molecule has 2 aliphatic rings. The van der Waals surface area contributed by atoms with E-state index in [9.17, 15) is 8.78 Å². The number of fused-ring (bicyclic) bond motifs is 1. The fraction of sp³-hybridized carbons (Fsp3) is 0.462. The zero-order valence-corrected chi connectivity index (χ0v) is 10.8. The van der Waals surface area contributed by atoms with Crippen molar-refractivity contribution < 1.29 is 8.78 Å². The second-order valence-electron chi connectivity index (χ2n) is 5.05. The lowest BCUT2D eigenvalue weighted by atomic mass is 9.99. The van der Waals surface area contributed by atoms with Crippen LogP contribution >= 0.6 is 11.8 Å². The smallest absolute Gasteiger partial charge is 0.155 e. The third kappa shape index (κ3) is 1.72. The minimum Gasteiger partial charge on any atom is -0.379 e. The zero-order valence-electron chi connectivity index (χ0n) is 9.99. The largest absolute Gasteiger partial charge is 0.379 e. The first kappa shape index (κ1) is 12.0. The number of aliphatic imine (C=N–C) groups is 1. The molecular weight excluding hydrogens is 254 g/mol. The molecule has 1 fully saturated rings. The van der Waals surface area contributed by atoms with Gasteiger partial charge in [0.15, 0.2) is 5.17 Å². The number of benzene rings is 1. The summed E-state index contributed by atoms with van der Waals surface area (Å²) in [6, 6.07) is 4.62. The third-order valence-corrected chi connectivity index (χ3v) is 5.03. The van der Waals surface area contributed by atoms with Gasteiger partial charge in [-0.25, -0.2) is 8.78 Å². The topological polar surface area (TPSA) is 38.4 Å². The van der Waals surface area contributed by atoms with Gasteiger partial charge in [-0.15, -0.1) is 0 Å². The van der Waals surface area contributed by atoms with E-state index in [4.69, 9.17) is 5.73 Å². The second kappa shape index (κ2) is 3.95. The minimum atomic E-state index is -0.452. The molecule has 0 radical (unpaired) electrons. The van der Waals surface area contributed by atoms with Crippen LogP contribution in [0.4, 0.5) is 8.78 Å². The highest BCUT2D eigenvalue weighted by atomic mass is 32.2. The number of nitrogens with zero attached hydrogens (tertiary/aromatic N) is 1.